The molecule has 1 aromatic carbocycles. The summed E-state index contributed by atoms with van der Waals surface area (Å²) >= 11 is 0. The van der Waals surface area contributed by atoms with Gasteiger partial charge in [0, 0.05) is 37.0 Å². The molecule has 2 atom stereocenters. The molecule has 1 aromatic heterocycles. The first-order chi connectivity index (χ1) is 16.1. The van der Waals surface area contributed by atoms with Crippen LogP contribution in [0.2, 0.25) is 0 Å². The summed E-state index contributed by atoms with van der Waals surface area (Å²) in [4.78, 5) is 40.5. The number of pyridine rings is 1. The molecule has 2 N–H and O–H groups in total. The monoisotopic (exact) mass is 475 g/mol. The number of ether oxygens (including phenoxy) is 1. The molecule has 1 aliphatic carbocycles. The third kappa shape index (κ3) is 4.18. The molecule has 0 radical (unpaired) electrons. The van der Waals surface area contributed by atoms with Gasteiger partial charge < -0.3 is 24.6 Å². The Balaban J connectivity index is 1.64. The van der Waals surface area contributed by atoms with Crippen molar-refractivity contribution in [3.8, 4) is 5.75 Å². The molecule has 182 valence electrons. The van der Waals surface area contributed by atoms with E-state index in [2.05, 4.69) is 12.2 Å². The number of benzene rings is 1. The van der Waals surface area contributed by atoms with Gasteiger partial charge in [0.05, 0.1) is 6.54 Å². The predicted octanol–water partition coefficient (Wildman–Crippen LogP) is 2.77. The number of aromatic nitrogens is 1. The number of hydrogen-bond donors (Lipinski definition) is 2. The van der Waals surface area contributed by atoms with Gasteiger partial charge in [0.25, 0.3) is 11.8 Å². The summed E-state index contributed by atoms with van der Waals surface area (Å²) in [6.45, 7) is 5.98. The van der Waals surface area contributed by atoms with Gasteiger partial charge in [-0.15, -0.1) is 0 Å². The molecule has 10 heteroatoms. The zero-order valence-electron chi connectivity index (χ0n) is 19.2. The average molecular weight is 475 g/mol. The van der Waals surface area contributed by atoms with Crippen molar-refractivity contribution in [1.29, 1.82) is 0 Å². The van der Waals surface area contributed by atoms with Gasteiger partial charge in [0.15, 0.2) is 17.7 Å². The smallest absolute Gasteiger partial charge is 0.276 e. The second kappa shape index (κ2) is 8.83. The molecular formula is C24H27F2N3O5. The molecule has 0 saturated heterocycles. The number of nitrogens with one attached hydrogen (secondary N) is 1. The molecule has 0 bridgehead atoms. The molecule has 2 heterocycles. The minimum absolute atomic E-state index is 0.0295. The van der Waals surface area contributed by atoms with Gasteiger partial charge in [0.2, 0.25) is 5.43 Å². The van der Waals surface area contributed by atoms with Gasteiger partial charge in [-0.25, -0.2) is 8.78 Å². The van der Waals surface area contributed by atoms with E-state index in [0.29, 0.717) is 12.7 Å². The summed E-state index contributed by atoms with van der Waals surface area (Å²) < 4.78 is 34.1. The van der Waals surface area contributed by atoms with Crippen molar-refractivity contribution in [2.24, 2.45) is 5.41 Å². The Morgan fingerprint density at radius 1 is 1.32 bits per heavy atom. The van der Waals surface area contributed by atoms with Crippen LogP contribution in [0, 0.1) is 17.0 Å². The first-order valence-corrected chi connectivity index (χ1v) is 11.2. The van der Waals surface area contributed by atoms with Gasteiger partial charge in [-0.2, -0.15) is 0 Å². The summed E-state index contributed by atoms with van der Waals surface area (Å²) in [5.74, 6) is -3.81. The van der Waals surface area contributed by atoms with Crippen molar-refractivity contribution in [3.05, 3.63) is 63.1 Å². The second-order valence-corrected chi connectivity index (χ2v) is 9.09. The molecule has 2 unspecified atom stereocenters. The van der Waals surface area contributed by atoms with Crippen LogP contribution >= 0.6 is 0 Å². The molecule has 2 aromatic rings. The van der Waals surface area contributed by atoms with Crippen molar-refractivity contribution in [2.45, 2.75) is 59.0 Å². The maximum atomic E-state index is 13.9. The molecule has 0 spiro atoms. The maximum absolute atomic E-state index is 13.9. The minimum Gasteiger partial charge on any atom is -0.503 e. The van der Waals surface area contributed by atoms with E-state index in [4.69, 9.17) is 4.74 Å². The van der Waals surface area contributed by atoms with Crippen LogP contribution in [0.4, 0.5) is 8.78 Å². The lowest BCUT2D eigenvalue weighted by Gasteiger charge is -2.43. The van der Waals surface area contributed by atoms with E-state index in [1.807, 2.05) is 6.92 Å². The number of aromatic hydroxyl groups is 1. The van der Waals surface area contributed by atoms with Crippen LogP contribution in [-0.2, 0) is 17.8 Å². The van der Waals surface area contributed by atoms with Crippen LogP contribution in [0.25, 0.3) is 0 Å². The van der Waals surface area contributed by atoms with Gasteiger partial charge in [-0.1, -0.05) is 13.0 Å². The van der Waals surface area contributed by atoms with E-state index in [0.717, 1.165) is 18.9 Å². The number of halogens is 2. The SMILES string of the molecule is CCOC1Cn2cc(C(=O)NCc3ccc(F)cc3F)c(=O)c(O)c2C(=O)N1C(C)C1(C)CC1. The van der Waals surface area contributed by atoms with E-state index in [9.17, 15) is 28.3 Å². The number of nitrogens with zero attached hydrogens (tertiary/aromatic N) is 2. The Kier molecular flexibility index (Phi) is 6.20. The van der Waals surface area contributed by atoms with Crippen molar-refractivity contribution in [3.63, 3.8) is 0 Å². The van der Waals surface area contributed by atoms with E-state index >= 15 is 0 Å². The molecule has 1 saturated carbocycles. The Labute approximate surface area is 195 Å². The van der Waals surface area contributed by atoms with Crippen LogP contribution in [0.15, 0.2) is 29.2 Å². The molecule has 2 amide bonds. The lowest BCUT2D eigenvalue weighted by molar-refractivity contribution is -0.0807. The number of carbonyl (C=O) groups excluding carboxylic acids is 2. The lowest BCUT2D eigenvalue weighted by Crippen LogP contribution is -2.56. The number of rotatable bonds is 7. The molecular weight excluding hydrogens is 448 g/mol. The lowest BCUT2D eigenvalue weighted by atomic mass is 9.97. The van der Waals surface area contributed by atoms with Crippen molar-refractivity contribution in [2.75, 3.05) is 6.61 Å². The zero-order valence-corrected chi connectivity index (χ0v) is 19.2. The third-order valence-corrected chi connectivity index (χ3v) is 6.88. The largest absolute Gasteiger partial charge is 0.503 e. The topological polar surface area (TPSA) is 101 Å². The molecule has 1 aliphatic heterocycles. The highest BCUT2D eigenvalue weighted by Gasteiger charge is 2.50. The van der Waals surface area contributed by atoms with Gasteiger partial charge >= 0.3 is 0 Å². The average Bonchev–Trinajstić information content (AvgIpc) is 3.53. The standard InChI is InChI=1S/C24H27F2N3O5/c1-4-34-18-12-28-11-16(22(32)27-10-14-5-6-15(25)9-17(14)26)20(30)21(31)19(28)23(33)29(18)13(2)24(3)7-8-24/h5-6,9,11,13,18,31H,4,7-8,10,12H2,1-3H3,(H,27,32). The van der Waals surface area contributed by atoms with Crippen LogP contribution in [0.1, 0.15) is 60.0 Å². The number of fused-ring (bicyclic) bond motifs is 1. The molecule has 1 fully saturated rings. The van der Waals surface area contributed by atoms with Crippen molar-refractivity contribution >= 4 is 11.8 Å². The Morgan fingerprint density at radius 3 is 2.65 bits per heavy atom. The van der Waals surface area contributed by atoms with Crippen LogP contribution in [0.5, 0.6) is 5.75 Å². The first-order valence-electron chi connectivity index (χ1n) is 11.2. The summed E-state index contributed by atoms with van der Waals surface area (Å²) in [5, 5.41) is 13.0. The van der Waals surface area contributed by atoms with E-state index in [1.165, 1.54) is 16.8 Å². The van der Waals surface area contributed by atoms with Gasteiger partial charge in [-0.3, -0.25) is 14.4 Å². The highest BCUT2D eigenvalue weighted by molar-refractivity contribution is 5.99. The number of amides is 2. The fraction of sp³-hybridized carbons (Fsp3) is 0.458. The zero-order chi connectivity index (χ0) is 24.8. The normalized spacial score (nSPS) is 19.5. The fourth-order valence-electron chi connectivity index (χ4n) is 4.33. The summed E-state index contributed by atoms with van der Waals surface area (Å²) in [5.41, 5.74) is -1.63. The quantitative estimate of drug-likeness (QED) is 0.642. The van der Waals surface area contributed by atoms with E-state index < -0.39 is 46.4 Å². The van der Waals surface area contributed by atoms with Gasteiger partial charge in [-0.05, 0) is 38.2 Å². The summed E-state index contributed by atoms with van der Waals surface area (Å²) in [6.07, 6.45) is 2.49. The molecule has 8 nitrogen and oxygen atoms in total. The van der Waals surface area contributed by atoms with E-state index in [-0.39, 0.29) is 35.8 Å². The minimum atomic E-state index is -1.00. The number of hydrogen-bond acceptors (Lipinski definition) is 5. The summed E-state index contributed by atoms with van der Waals surface area (Å²) in [6, 6.07) is 2.76. The molecule has 2 aliphatic rings. The fourth-order valence-corrected chi connectivity index (χ4v) is 4.33. The molecule has 34 heavy (non-hydrogen) atoms. The van der Waals surface area contributed by atoms with Crippen molar-refractivity contribution in [1.82, 2.24) is 14.8 Å². The first kappa shape index (κ1) is 23.9. The molecule has 4 rings (SSSR count). The third-order valence-electron chi connectivity index (χ3n) is 6.88. The van der Waals surface area contributed by atoms with Crippen LogP contribution < -0.4 is 10.7 Å². The highest BCUT2D eigenvalue weighted by Crippen LogP contribution is 2.51. The Hall–Kier alpha value is -3.27. The second-order valence-electron chi connectivity index (χ2n) is 9.09. The highest BCUT2D eigenvalue weighted by atomic mass is 19.1. The van der Waals surface area contributed by atoms with Gasteiger partial charge in [0.1, 0.15) is 17.2 Å². The van der Waals surface area contributed by atoms with Crippen LogP contribution in [-0.4, -0.2) is 45.3 Å². The van der Waals surface area contributed by atoms with Crippen LogP contribution in [0.3, 0.4) is 0 Å². The summed E-state index contributed by atoms with van der Waals surface area (Å²) in [7, 11) is 0. The number of carbonyl (C=O) groups is 2. The predicted molar refractivity (Wildman–Crippen MR) is 118 cm³/mol. The Bertz CT molecular complexity index is 1210. The van der Waals surface area contributed by atoms with E-state index in [1.54, 1.807) is 11.8 Å². The Morgan fingerprint density at radius 2 is 2.03 bits per heavy atom. The van der Waals surface area contributed by atoms with Crippen molar-refractivity contribution < 1.29 is 28.2 Å². The maximum Gasteiger partial charge on any atom is 0.276 e.